The van der Waals surface area contributed by atoms with E-state index in [0.29, 0.717) is 6.42 Å². The smallest absolute Gasteiger partial charge is 0.461 e. The van der Waals surface area contributed by atoms with Crippen LogP contribution in [0.4, 0.5) is 18.0 Å². The monoisotopic (exact) mass is 537 g/mol. The van der Waals surface area contributed by atoms with Crippen molar-refractivity contribution in [1.29, 1.82) is 0 Å². The second-order valence-corrected chi connectivity index (χ2v) is 10.4. The van der Waals surface area contributed by atoms with Gasteiger partial charge in [-0.3, -0.25) is 0 Å². The van der Waals surface area contributed by atoms with Gasteiger partial charge in [0.05, 0.1) is 0 Å². The molecule has 0 saturated heterocycles. The maximum atomic E-state index is 12.8. The van der Waals surface area contributed by atoms with E-state index in [2.05, 4.69) is 17.0 Å². The second-order valence-electron chi connectivity index (χ2n) is 10.4. The highest BCUT2D eigenvalue weighted by Gasteiger charge is 2.32. The lowest BCUT2D eigenvalue weighted by Gasteiger charge is -2.32. The van der Waals surface area contributed by atoms with Crippen molar-refractivity contribution < 1.29 is 37.0 Å². The number of nitrogens with one attached hydrogen (secondary N) is 1. The molecule has 2 aromatic carbocycles. The Morgan fingerprint density at radius 1 is 0.895 bits per heavy atom. The Balaban J connectivity index is 2.19. The molecule has 0 fully saturated rings. The quantitative estimate of drug-likeness (QED) is 0.317. The summed E-state index contributed by atoms with van der Waals surface area (Å²) in [6.45, 7) is 10.6. The minimum absolute atomic E-state index is 0.112. The lowest BCUT2D eigenvalue weighted by Crippen LogP contribution is -2.44. The third kappa shape index (κ3) is 11.0. The van der Waals surface area contributed by atoms with E-state index < -0.39 is 36.2 Å². The molecule has 2 rings (SSSR count). The molecule has 0 aliphatic carbocycles. The summed E-state index contributed by atoms with van der Waals surface area (Å²) >= 11 is 0. The topological polar surface area (TPSA) is 73.9 Å². The summed E-state index contributed by atoms with van der Waals surface area (Å²) in [6.07, 6.45) is -4.01. The molecule has 0 unspecified atom stereocenters. The molecular weight excluding hydrogens is 499 g/mol. The molecule has 9 heteroatoms. The molecule has 6 nitrogen and oxygen atoms in total. The van der Waals surface area contributed by atoms with E-state index in [4.69, 9.17) is 9.47 Å². The van der Waals surface area contributed by atoms with Crippen molar-refractivity contribution in [3.8, 4) is 5.75 Å². The van der Waals surface area contributed by atoms with Gasteiger partial charge in [-0.25, -0.2) is 9.59 Å². The van der Waals surface area contributed by atoms with E-state index in [0.717, 1.165) is 24.0 Å². The summed E-state index contributed by atoms with van der Waals surface area (Å²) in [6, 6.07) is 14.7. The predicted octanol–water partition coefficient (Wildman–Crippen LogP) is 6.86. The number of alkyl halides is 3. The lowest BCUT2D eigenvalue weighted by molar-refractivity contribution is -0.274. The number of alkyl carbamates (subject to hydrolysis) is 1. The van der Waals surface area contributed by atoms with Crippen LogP contribution in [0.2, 0.25) is 0 Å². The van der Waals surface area contributed by atoms with E-state index in [-0.39, 0.29) is 17.6 Å². The number of amides is 1. The molecule has 1 amide bonds. The van der Waals surface area contributed by atoms with Crippen LogP contribution in [0.3, 0.4) is 0 Å². The van der Waals surface area contributed by atoms with E-state index in [1.54, 1.807) is 39.8 Å². The fraction of sp³-hybridized carbons (Fsp3) is 0.517. The predicted molar refractivity (Wildman–Crippen MR) is 139 cm³/mol. The highest BCUT2D eigenvalue weighted by Crippen LogP contribution is 2.31. The summed E-state index contributed by atoms with van der Waals surface area (Å²) in [5, 5.41) is 2.50. The number of rotatable bonds is 11. The van der Waals surface area contributed by atoms with Crippen molar-refractivity contribution in [2.24, 2.45) is 11.8 Å². The van der Waals surface area contributed by atoms with Crippen molar-refractivity contribution in [3.63, 3.8) is 0 Å². The molecule has 4 atom stereocenters. The van der Waals surface area contributed by atoms with Crippen LogP contribution < -0.4 is 10.1 Å². The fourth-order valence-corrected chi connectivity index (χ4v) is 4.25. The van der Waals surface area contributed by atoms with Gasteiger partial charge in [-0.05, 0) is 76.6 Å². The molecule has 38 heavy (non-hydrogen) atoms. The summed E-state index contributed by atoms with van der Waals surface area (Å²) < 4.78 is 52.7. The zero-order chi connectivity index (χ0) is 28.5. The van der Waals surface area contributed by atoms with Gasteiger partial charge in [-0.15, -0.1) is 13.2 Å². The number of hydrogen-bond donors (Lipinski definition) is 1. The molecule has 0 bridgehead atoms. The summed E-state index contributed by atoms with van der Waals surface area (Å²) in [5.74, 6) is -0.930. The van der Waals surface area contributed by atoms with E-state index in [1.165, 1.54) is 19.1 Å². The Labute approximate surface area is 222 Å². The van der Waals surface area contributed by atoms with Gasteiger partial charge < -0.3 is 19.5 Å². The van der Waals surface area contributed by atoms with Crippen molar-refractivity contribution in [2.75, 3.05) is 0 Å². The third-order valence-electron chi connectivity index (χ3n) is 6.09. The van der Waals surface area contributed by atoms with Crippen molar-refractivity contribution in [3.05, 3.63) is 65.7 Å². The molecular formula is C29H38F3NO5. The van der Waals surface area contributed by atoms with E-state index in [9.17, 15) is 22.8 Å². The highest BCUT2D eigenvalue weighted by molar-refractivity contribution is 5.81. The first-order valence-electron chi connectivity index (χ1n) is 12.8. The van der Waals surface area contributed by atoms with Crippen LogP contribution in [0.15, 0.2) is 54.6 Å². The number of halogens is 3. The van der Waals surface area contributed by atoms with Crippen LogP contribution in [0.1, 0.15) is 59.1 Å². The molecule has 2 aromatic rings. The van der Waals surface area contributed by atoms with Gasteiger partial charge in [0.25, 0.3) is 0 Å². The van der Waals surface area contributed by atoms with Crippen LogP contribution in [0, 0.1) is 11.8 Å². The fourth-order valence-electron chi connectivity index (χ4n) is 4.25. The van der Waals surface area contributed by atoms with Gasteiger partial charge in [-0.2, -0.15) is 0 Å². The van der Waals surface area contributed by atoms with Gasteiger partial charge in [0, 0.05) is 5.92 Å². The molecule has 0 radical (unpaired) electrons. The molecule has 0 aliphatic rings. The van der Waals surface area contributed by atoms with Crippen LogP contribution in [-0.2, 0) is 27.1 Å². The zero-order valence-corrected chi connectivity index (χ0v) is 22.8. The Morgan fingerprint density at radius 3 is 2.00 bits per heavy atom. The number of carbonyl (C=O) groups excluding carboxylic acids is 2. The maximum Gasteiger partial charge on any atom is 0.573 e. The first-order chi connectivity index (χ1) is 17.7. The largest absolute Gasteiger partial charge is 0.573 e. The lowest BCUT2D eigenvalue weighted by atomic mass is 9.78. The Bertz CT molecular complexity index is 1020. The number of benzene rings is 2. The standard InChI is InChI=1S/C29H38F3NO5/c1-7-23(17-21-11-9-8-10-12-21)25(18-22-13-15-24(16-14-22)37-29(30,31)32)20(3)36-26(34)19(2)33-27(35)38-28(4,5)6/h8-16,19-20,23,25H,7,17-18H2,1-6H3,(H,33,35)/t19-,20-,23+,25-/m0/s1. The van der Waals surface area contributed by atoms with Crippen molar-refractivity contribution in [2.45, 2.75) is 84.9 Å². The molecule has 0 spiro atoms. The van der Waals surface area contributed by atoms with Crippen LogP contribution in [0.25, 0.3) is 0 Å². The first kappa shape index (κ1) is 31.0. The van der Waals surface area contributed by atoms with Gasteiger partial charge in [0.2, 0.25) is 0 Å². The number of ether oxygens (including phenoxy) is 3. The Kier molecular flexibility index (Phi) is 11.0. The molecule has 210 valence electrons. The molecule has 0 aromatic heterocycles. The normalized spacial score (nSPS) is 15.1. The molecule has 0 aliphatic heterocycles. The minimum atomic E-state index is -4.76. The summed E-state index contributed by atoms with van der Waals surface area (Å²) in [4.78, 5) is 24.9. The van der Waals surface area contributed by atoms with Crippen LogP contribution in [-0.4, -0.2) is 36.2 Å². The number of esters is 1. The van der Waals surface area contributed by atoms with Gasteiger partial charge in [-0.1, -0.05) is 55.8 Å². The molecule has 0 heterocycles. The summed E-state index contributed by atoms with van der Waals surface area (Å²) in [7, 11) is 0. The second kappa shape index (κ2) is 13.5. The van der Waals surface area contributed by atoms with Gasteiger partial charge in [0.15, 0.2) is 0 Å². The Hall–Kier alpha value is -3.23. The van der Waals surface area contributed by atoms with Gasteiger partial charge >= 0.3 is 18.4 Å². The Morgan fingerprint density at radius 2 is 1.47 bits per heavy atom. The van der Waals surface area contributed by atoms with Gasteiger partial charge in [0.1, 0.15) is 23.5 Å². The number of hydrogen-bond acceptors (Lipinski definition) is 5. The van der Waals surface area contributed by atoms with E-state index in [1.807, 2.05) is 30.3 Å². The first-order valence-corrected chi connectivity index (χ1v) is 12.8. The average Bonchev–Trinajstić information content (AvgIpc) is 2.80. The SMILES string of the molecule is CC[C@H](Cc1ccccc1)[C@@H](Cc1ccc(OC(F)(F)F)cc1)[C@H](C)OC(=O)[C@H](C)NC(=O)OC(C)(C)C. The summed E-state index contributed by atoms with van der Waals surface area (Å²) in [5.41, 5.74) is 1.22. The average molecular weight is 538 g/mol. The highest BCUT2D eigenvalue weighted by atomic mass is 19.4. The van der Waals surface area contributed by atoms with Crippen LogP contribution in [0.5, 0.6) is 5.75 Å². The third-order valence-corrected chi connectivity index (χ3v) is 6.09. The minimum Gasteiger partial charge on any atom is -0.461 e. The molecule has 0 saturated carbocycles. The van der Waals surface area contributed by atoms with E-state index >= 15 is 0 Å². The molecule has 1 N–H and O–H groups in total. The maximum absolute atomic E-state index is 12.8. The van der Waals surface area contributed by atoms with Crippen LogP contribution >= 0.6 is 0 Å². The zero-order valence-electron chi connectivity index (χ0n) is 22.8. The number of carbonyl (C=O) groups is 2. The van der Waals surface area contributed by atoms with Crippen molar-refractivity contribution in [1.82, 2.24) is 5.32 Å². The van der Waals surface area contributed by atoms with Crippen molar-refractivity contribution >= 4 is 12.1 Å².